The number of pyridine rings is 1. The predicted octanol–water partition coefficient (Wildman–Crippen LogP) is 2.91. The van der Waals surface area contributed by atoms with E-state index in [-0.39, 0.29) is 5.60 Å². The van der Waals surface area contributed by atoms with Crippen LogP contribution in [0, 0.1) is 0 Å². The monoisotopic (exact) mass is 195 g/mol. The molecular formula is C10H14NOP. The minimum Gasteiger partial charge on any atom is -0.321 e. The fraction of sp³-hybridized carbons (Fsp3) is 0.400. The van der Waals surface area contributed by atoms with Gasteiger partial charge in [-0.15, -0.1) is 0 Å². The molecule has 1 rings (SSSR count). The number of hydrogen-bond donors (Lipinski definition) is 0. The maximum absolute atomic E-state index is 5.51. The molecule has 0 saturated heterocycles. The summed E-state index contributed by atoms with van der Waals surface area (Å²) in [6, 6.07) is 5.82. The Morgan fingerprint density at radius 2 is 2.15 bits per heavy atom. The molecule has 0 saturated carbocycles. The van der Waals surface area contributed by atoms with Gasteiger partial charge in [0.2, 0.25) is 0 Å². The summed E-state index contributed by atoms with van der Waals surface area (Å²) in [5, 5.41) is 0. The Morgan fingerprint density at radius 3 is 2.69 bits per heavy atom. The van der Waals surface area contributed by atoms with Crippen LogP contribution in [0.15, 0.2) is 24.4 Å². The van der Waals surface area contributed by atoms with E-state index in [2.05, 4.69) is 4.98 Å². The van der Waals surface area contributed by atoms with Gasteiger partial charge < -0.3 is 4.52 Å². The molecule has 70 valence electrons. The van der Waals surface area contributed by atoms with Crippen LogP contribution in [0.5, 0.6) is 0 Å². The molecule has 2 nitrogen and oxygen atoms in total. The average molecular weight is 195 g/mol. The topological polar surface area (TPSA) is 22.1 Å². The summed E-state index contributed by atoms with van der Waals surface area (Å²) in [7, 11) is 0.850. The first-order valence-electron chi connectivity index (χ1n) is 4.20. The summed E-state index contributed by atoms with van der Waals surface area (Å²) in [5.41, 5.74) is 0.862. The molecule has 0 fully saturated rings. The lowest BCUT2D eigenvalue weighted by atomic mass is 10.2. The maximum atomic E-state index is 5.51. The zero-order valence-corrected chi connectivity index (χ0v) is 9.08. The largest absolute Gasteiger partial charge is 0.321 e. The Balaban J connectivity index is 2.51. The van der Waals surface area contributed by atoms with Gasteiger partial charge in [-0.1, -0.05) is 6.07 Å². The summed E-state index contributed by atoms with van der Waals surface area (Å²) in [4.78, 5) is 4.16. The molecular weight excluding hydrogens is 181 g/mol. The van der Waals surface area contributed by atoms with Crippen molar-refractivity contribution < 1.29 is 4.52 Å². The fourth-order valence-electron chi connectivity index (χ4n) is 0.691. The minimum absolute atomic E-state index is 0.0904. The van der Waals surface area contributed by atoms with Crippen LogP contribution < -0.4 is 0 Å². The van der Waals surface area contributed by atoms with E-state index in [1.165, 1.54) is 0 Å². The highest BCUT2D eigenvalue weighted by atomic mass is 31.1. The highest BCUT2D eigenvalue weighted by Crippen LogP contribution is 2.15. The van der Waals surface area contributed by atoms with Gasteiger partial charge in [0.1, 0.15) is 0 Å². The van der Waals surface area contributed by atoms with Crippen LogP contribution in [0.1, 0.15) is 26.5 Å². The van der Waals surface area contributed by atoms with E-state index < -0.39 is 0 Å². The lowest BCUT2D eigenvalue weighted by Gasteiger charge is -2.14. The van der Waals surface area contributed by atoms with Crippen LogP contribution >= 0.6 is 8.43 Å². The van der Waals surface area contributed by atoms with Gasteiger partial charge in [0.05, 0.1) is 19.7 Å². The first-order valence-corrected chi connectivity index (χ1v) is 5.09. The molecule has 0 unspecified atom stereocenters. The first-order chi connectivity index (χ1) is 6.08. The molecule has 0 aliphatic rings. The predicted molar refractivity (Wildman–Crippen MR) is 57.2 cm³/mol. The Kier molecular flexibility index (Phi) is 3.58. The van der Waals surface area contributed by atoms with Crippen molar-refractivity contribution in [3.05, 3.63) is 30.1 Å². The number of rotatable bonds is 2. The molecule has 0 atom stereocenters. The molecule has 0 N–H and O–H groups in total. The molecule has 3 heteroatoms. The van der Waals surface area contributed by atoms with Crippen LogP contribution in [0.3, 0.4) is 0 Å². The fourth-order valence-corrected chi connectivity index (χ4v) is 1.32. The molecule has 0 bridgehead atoms. The maximum Gasteiger partial charge on any atom is 0.0706 e. The standard InChI is InChI=1S/C10H14NOP/c1-10(2,3)12-13-8-9-6-4-5-7-11-9/h4-8H,1-3H3. The van der Waals surface area contributed by atoms with Gasteiger partial charge in [0, 0.05) is 12.0 Å². The number of nitrogens with zero attached hydrogens (tertiary/aromatic N) is 1. The molecule has 0 aromatic carbocycles. The van der Waals surface area contributed by atoms with E-state index in [0.717, 1.165) is 14.1 Å². The van der Waals surface area contributed by atoms with Gasteiger partial charge in [-0.05, 0) is 32.9 Å². The van der Waals surface area contributed by atoms with Gasteiger partial charge in [-0.25, -0.2) is 0 Å². The summed E-state index contributed by atoms with van der Waals surface area (Å²) < 4.78 is 5.51. The average Bonchev–Trinajstić information content (AvgIpc) is 2.04. The molecule has 0 spiro atoms. The summed E-state index contributed by atoms with van der Waals surface area (Å²) >= 11 is 0. The quantitative estimate of drug-likeness (QED) is 0.677. The summed E-state index contributed by atoms with van der Waals surface area (Å²) in [6.07, 6.45) is 1.78. The number of aromatic nitrogens is 1. The van der Waals surface area contributed by atoms with Crippen molar-refractivity contribution >= 4 is 14.2 Å². The zero-order valence-electron chi connectivity index (χ0n) is 8.19. The highest BCUT2D eigenvalue weighted by molar-refractivity contribution is 7.33. The second kappa shape index (κ2) is 4.50. The van der Waals surface area contributed by atoms with Crippen LogP contribution in [0.25, 0.3) is 0 Å². The second-order valence-electron chi connectivity index (χ2n) is 3.69. The number of hydrogen-bond acceptors (Lipinski definition) is 2. The van der Waals surface area contributed by atoms with Gasteiger partial charge in [-0.2, -0.15) is 0 Å². The molecule has 1 aromatic heterocycles. The molecule has 1 aromatic rings. The van der Waals surface area contributed by atoms with E-state index >= 15 is 0 Å². The second-order valence-corrected chi connectivity index (χ2v) is 4.34. The summed E-state index contributed by atoms with van der Waals surface area (Å²) in [6.45, 7) is 6.10. The third-order valence-corrected chi connectivity index (χ3v) is 2.22. The first kappa shape index (κ1) is 10.4. The van der Waals surface area contributed by atoms with E-state index in [9.17, 15) is 0 Å². The van der Waals surface area contributed by atoms with Gasteiger partial charge in [0.15, 0.2) is 0 Å². The third-order valence-electron chi connectivity index (χ3n) is 1.20. The van der Waals surface area contributed by atoms with Gasteiger partial charge in [0.25, 0.3) is 0 Å². The van der Waals surface area contributed by atoms with E-state index in [0.29, 0.717) is 0 Å². The smallest absolute Gasteiger partial charge is 0.0706 e. The molecule has 1 heterocycles. The Labute approximate surface area is 80.8 Å². The molecule has 13 heavy (non-hydrogen) atoms. The van der Waals surface area contributed by atoms with Crippen LogP contribution in [0.4, 0.5) is 0 Å². The van der Waals surface area contributed by atoms with E-state index in [1.54, 1.807) is 6.20 Å². The molecule has 0 amide bonds. The Bertz CT molecular complexity index is 277. The third kappa shape index (κ3) is 4.76. The lowest BCUT2D eigenvalue weighted by Crippen LogP contribution is -2.13. The molecule has 0 aliphatic carbocycles. The van der Waals surface area contributed by atoms with Gasteiger partial charge >= 0.3 is 0 Å². The molecule has 0 radical (unpaired) electrons. The van der Waals surface area contributed by atoms with E-state index in [4.69, 9.17) is 4.52 Å². The zero-order chi connectivity index (χ0) is 9.73. The van der Waals surface area contributed by atoms with Crippen molar-refractivity contribution in [1.82, 2.24) is 4.98 Å². The van der Waals surface area contributed by atoms with E-state index in [1.807, 2.05) is 44.8 Å². The SMILES string of the molecule is CC(C)(C)OP=Cc1ccccn1. The summed E-state index contributed by atoms with van der Waals surface area (Å²) in [5.74, 6) is 1.95. The van der Waals surface area contributed by atoms with Crippen LogP contribution in [0.2, 0.25) is 0 Å². The lowest BCUT2D eigenvalue weighted by molar-refractivity contribution is 0.161. The highest BCUT2D eigenvalue weighted by Gasteiger charge is 2.07. The normalized spacial score (nSPS) is 12.2. The Morgan fingerprint density at radius 1 is 1.38 bits per heavy atom. The minimum atomic E-state index is -0.0904. The van der Waals surface area contributed by atoms with Crippen molar-refractivity contribution in [3.63, 3.8) is 0 Å². The van der Waals surface area contributed by atoms with Crippen molar-refractivity contribution in [1.29, 1.82) is 0 Å². The van der Waals surface area contributed by atoms with Crippen molar-refractivity contribution in [2.45, 2.75) is 26.4 Å². The molecule has 0 aliphatic heterocycles. The van der Waals surface area contributed by atoms with Crippen LogP contribution in [-0.2, 0) is 4.52 Å². The van der Waals surface area contributed by atoms with Crippen molar-refractivity contribution in [2.24, 2.45) is 0 Å². The van der Waals surface area contributed by atoms with Crippen LogP contribution in [-0.4, -0.2) is 16.4 Å². The Hall–Kier alpha value is -0.720. The van der Waals surface area contributed by atoms with Crippen molar-refractivity contribution in [2.75, 3.05) is 0 Å². The van der Waals surface area contributed by atoms with Crippen molar-refractivity contribution in [3.8, 4) is 0 Å². The van der Waals surface area contributed by atoms with Gasteiger partial charge in [-0.3, -0.25) is 4.98 Å².